The molecule has 2 heterocycles. The van der Waals surface area contributed by atoms with Crippen LogP contribution in [-0.4, -0.2) is 11.5 Å². The van der Waals surface area contributed by atoms with Crippen LogP contribution in [0.2, 0.25) is 0 Å². The summed E-state index contributed by atoms with van der Waals surface area (Å²) in [4.78, 5) is 3.13. The normalized spacial score (nSPS) is 15.2. The van der Waals surface area contributed by atoms with Crippen LogP contribution < -0.4 is 5.32 Å². The maximum atomic E-state index is 13.1. The number of rotatable bonds is 2. The van der Waals surface area contributed by atoms with E-state index in [9.17, 15) is 13.2 Å². The molecule has 4 rings (SSSR count). The van der Waals surface area contributed by atoms with Crippen molar-refractivity contribution < 1.29 is 13.2 Å². The monoisotopic (exact) mass is 340 g/mol. The van der Waals surface area contributed by atoms with Gasteiger partial charge >= 0.3 is 6.18 Å². The Morgan fingerprint density at radius 2 is 1.80 bits per heavy atom. The van der Waals surface area contributed by atoms with Crippen molar-refractivity contribution in [2.75, 3.05) is 11.9 Å². The van der Waals surface area contributed by atoms with Crippen LogP contribution in [0.3, 0.4) is 0 Å². The average Bonchev–Trinajstić information content (AvgIpc) is 3.25. The highest BCUT2D eigenvalue weighted by atomic mass is 19.4. The van der Waals surface area contributed by atoms with Gasteiger partial charge in [0.1, 0.15) is 0 Å². The summed E-state index contributed by atoms with van der Waals surface area (Å²) in [5, 5.41) is 3.31. The molecular weight excluding hydrogens is 325 g/mol. The molecular formula is C20H15F3N2. The van der Waals surface area contributed by atoms with Crippen LogP contribution >= 0.6 is 0 Å². The summed E-state index contributed by atoms with van der Waals surface area (Å²) in [6.45, 7) is 0.643. The lowest BCUT2D eigenvalue weighted by molar-refractivity contribution is -0.137. The fourth-order valence-corrected chi connectivity index (χ4v) is 3.17. The van der Waals surface area contributed by atoms with Crippen LogP contribution in [0.5, 0.6) is 0 Å². The summed E-state index contributed by atoms with van der Waals surface area (Å²) in [5.74, 6) is 0. The van der Waals surface area contributed by atoms with Gasteiger partial charge in [0, 0.05) is 29.7 Å². The number of anilines is 1. The molecule has 1 aromatic heterocycles. The largest absolute Gasteiger partial charge is 0.416 e. The third kappa shape index (κ3) is 2.93. The van der Waals surface area contributed by atoms with Gasteiger partial charge in [0.05, 0.1) is 5.56 Å². The molecule has 1 aliphatic rings. The van der Waals surface area contributed by atoms with Gasteiger partial charge in [0.25, 0.3) is 0 Å². The van der Waals surface area contributed by atoms with Crippen molar-refractivity contribution >= 4 is 17.3 Å². The first-order valence-corrected chi connectivity index (χ1v) is 7.91. The number of aromatic nitrogens is 1. The summed E-state index contributed by atoms with van der Waals surface area (Å²) in [7, 11) is 0. The van der Waals surface area contributed by atoms with E-state index in [1.165, 1.54) is 12.1 Å². The van der Waals surface area contributed by atoms with E-state index in [1.807, 2.05) is 42.6 Å². The van der Waals surface area contributed by atoms with Gasteiger partial charge in [-0.2, -0.15) is 13.2 Å². The second kappa shape index (κ2) is 5.84. The third-order valence-electron chi connectivity index (χ3n) is 4.31. The first-order chi connectivity index (χ1) is 12.0. The molecule has 0 saturated carbocycles. The molecule has 0 radical (unpaired) electrons. The van der Waals surface area contributed by atoms with Crippen molar-refractivity contribution in [3.05, 3.63) is 77.6 Å². The zero-order chi connectivity index (χ0) is 17.4. The molecule has 0 spiro atoms. The van der Waals surface area contributed by atoms with E-state index in [2.05, 4.69) is 10.3 Å². The fourth-order valence-electron chi connectivity index (χ4n) is 3.17. The minimum absolute atomic E-state index is 0.563. The van der Waals surface area contributed by atoms with Crippen molar-refractivity contribution in [1.82, 2.24) is 4.98 Å². The molecule has 0 saturated heterocycles. The lowest BCUT2D eigenvalue weighted by Crippen LogP contribution is -2.04. The average molecular weight is 340 g/mol. The zero-order valence-corrected chi connectivity index (χ0v) is 13.2. The number of hydrogen-bond donors (Lipinski definition) is 2. The smallest absolute Gasteiger partial charge is 0.380 e. The minimum Gasteiger partial charge on any atom is -0.380 e. The van der Waals surface area contributed by atoms with E-state index in [0.717, 1.165) is 34.1 Å². The van der Waals surface area contributed by atoms with Crippen LogP contribution in [-0.2, 0) is 6.18 Å². The summed E-state index contributed by atoms with van der Waals surface area (Å²) < 4.78 is 39.2. The van der Waals surface area contributed by atoms with E-state index in [-0.39, 0.29) is 0 Å². The molecule has 0 aliphatic carbocycles. The Morgan fingerprint density at radius 3 is 2.56 bits per heavy atom. The number of halogens is 3. The Hall–Kier alpha value is -2.95. The fraction of sp³-hybridized carbons (Fsp3) is 0.100. The Labute approximate surface area is 143 Å². The zero-order valence-electron chi connectivity index (χ0n) is 13.2. The van der Waals surface area contributed by atoms with E-state index in [0.29, 0.717) is 12.1 Å². The van der Waals surface area contributed by atoms with Crippen molar-refractivity contribution in [2.24, 2.45) is 0 Å². The lowest BCUT2D eigenvalue weighted by Gasteiger charge is -2.12. The molecule has 0 fully saturated rings. The minimum atomic E-state index is -4.35. The molecule has 0 bridgehead atoms. The molecule has 3 aromatic rings. The predicted octanol–water partition coefficient (Wildman–Crippen LogP) is 5.67. The molecule has 1 aliphatic heterocycles. The molecule has 0 atom stereocenters. The summed E-state index contributed by atoms with van der Waals surface area (Å²) in [6.07, 6.45) is -0.487. The van der Waals surface area contributed by atoms with Gasteiger partial charge in [-0.15, -0.1) is 0 Å². The predicted molar refractivity (Wildman–Crippen MR) is 94.0 cm³/mol. The Bertz CT molecular complexity index is 938. The van der Waals surface area contributed by atoms with Crippen molar-refractivity contribution in [3.63, 3.8) is 0 Å². The first kappa shape index (κ1) is 15.6. The lowest BCUT2D eigenvalue weighted by atomic mass is 9.93. The van der Waals surface area contributed by atoms with E-state index < -0.39 is 11.7 Å². The second-order valence-corrected chi connectivity index (χ2v) is 5.96. The highest BCUT2D eigenvalue weighted by Gasteiger charge is 2.31. The molecule has 126 valence electrons. The topological polar surface area (TPSA) is 27.8 Å². The summed E-state index contributed by atoms with van der Waals surface area (Å²) in [6, 6.07) is 15.0. The Kier molecular flexibility index (Phi) is 3.64. The van der Waals surface area contributed by atoms with Crippen molar-refractivity contribution in [3.8, 4) is 11.1 Å². The van der Waals surface area contributed by atoms with Gasteiger partial charge in [-0.05, 0) is 53.1 Å². The number of H-pyrrole nitrogens is 1. The second-order valence-electron chi connectivity index (χ2n) is 5.96. The van der Waals surface area contributed by atoms with Crippen LogP contribution in [0, 0.1) is 0 Å². The van der Waals surface area contributed by atoms with Gasteiger partial charge < -0.3 is 10.3 Å². The Balaban J connectivity index is 1.85. The molecule has 2 N–H and O–H groups in total. The molecule has 2 nitrogen and oxygen atoms in total. The number of fused-ring (bicyclic) bond motifs is 1. The molecule has 0 unspecified atom stereocenters. The summed E-state index contributed by atoms with van der Waals surface area (Å²) in [5.41, 5.74) is 4.63. The number of aromatic amines is 1. The number of benzene rings is 2. The van der Waals surface area contributed by atoms with Crippen LogP contribution in [0.15, 0.2) is 60.8 Å². The van der Waals surface area contributed by atoms with Gasteiger partial charge in [0.15, 0.2) is 0 Å². The number of alkyl halides is 3. The highest BCUT2D eigenvalue weighted by Crippen LogP contribution is 2.41. The van der Waals surface area contributed by atoms with E-state index >= 15 is 0 Å². The highest BCUT2D eigenvalue weighted by molar-refractivity contribution is 5.99. The molecule has 5 heteroatoms. The van der Waals surface area contributed by atoms with Gasteiger partial charge in [-0.1, -0.05) is 24.3 Å². The van der Waals surface area contributed by atoms with Crippen LogP contribution in [0.1, 0.15) is 16.8 Å². The van der Waals surface area contributed by atoms with Crippen LogP contribution in [0.25, 0.3) is 22.8 Å². The SMILES string of the molecule is FC(F)(F)c1cccc(-c2cccc3c2/C(=C/c2ccc[nH]2)CN3)c1. The number of hydrogen-bond acceptors (Lipinski definition) is 1. The first-order valence-electron chi connectivity index (χ1n) is 7.91. The maximum Gasteiger partial charge on any atom is 0.416 e. The Morgan fingerprint density at radius 1 is 0.960 bits per heavy atom. The number of nitrogens with one attached hydrogen (secondary N) is 2. The van der Waals surface area contributed by atoms with Gasteiger partial charge in [-0.3, -0.25) is 0 Å². The molecule has 2 aromatic carbocycles. The van der Waals surface area contributed by atoms with Crippen LogP contribution in [0.4, 0.5) is 18.9 Å². The quantitative estimate of drug-likeness (QED) is 0.618. The molecule has 0 amide bonds. The molecule has 25 heavy (non-hydrogen) atoms. The van der Waals surface area contributed by atoms with Crippen molar-refractivity contribution in [2.45, 2.75) is 6.18 Å². The maximum absolute atomic E-state index is 13.1. The van der Waals surface area contributed by atoms with E-state index in [4.69, 9.17) is 0 Å². The summed E-state index contributed by atoms with van der Waals surface area (Å²) >= 11 is 0. The van der Waals surface area contributed by atoms with Gasteiger partial charge in [0.2, 0.25) is 0 Å². The standard InChI is InChI=1S/C20H15F3N2/c21-20(22,23)15-5-1-4-13(10-15)17-7-2-8-18-19(17)14(12-25-18)11-16-6-3-9-24-16/h1-11,24-25H,12H2/b14-11+. The van der Waals surface area contributed by atoms with Crippen molar-refractivity contribution in [1.29, 1.82) is 0 Å². The van der Waals surface area contributed by atoms with E-state index in [1.54, 1.807) is 6.07 Å². The van der Waals surface area contributed by atoms with Gasteiger partial charge in [-0.25, -0.2) is 0 Å². The third-order valence-corrected chi connectivity index (χ3v) is 4.31.